The van der Waals surface area contributed by atoms with E-state index in [2.05, 4.69) is 10.5 Å². The Kier molecular flexibility index (Phi) is 5.20. The minimum atomic E-state index is -0.524. The molecule has 1 aromatic rings. The second-order valence-electron chi connectivity index (χ2n) is 7.44. The first kappa shape index (κ1) is 18.3. The summed E-state index contributed by atoms with van der Waals surface area (Å²) in [5.74, 6) is 0.0228. The number of esters is 1. The minimum Gasteiger partial charge on any atom is -0.460 e. The third-order valence-electron chi connectivity index (χ3n) is 4.15. The number of anilines is 1. The van der Waals surface area contributed by atoms with E-state index in [0.29, 0.717) is 23.7 Å². The first-order chi connectivity index (χ1) is 11.1. The van der Waals surface area contributed by atoms with Crippen LogP contribution in [0.3, 0.4) is 0 Å². The summed E-state index contributed by atoms with van der Waals surface area (Å²) in [7, 11) is 0. The molecule has 0 saturated carbocycles. The number of hydrogen-bond acceptors (Lipinski definition) is 5. The maximum Gasteiger partial charge on any atom is 0.322 e. The fourth-order valence-electron chi connectivity index (χ4n) is 2.81. The molecule has 7 heteroatoms. The van der Waals surface area contributed by atoms with Crippen molar-refractivity contribution in [2.75, 3.05) is 11.9 Å². The molecule has 1 fully saturated rings. The molecule has 1 aliphatic rings. The molecule has 2 heterocycles. The van der Waals surface area contributed by atoms with Gasteiger partial charge in [0, 0.05) is 12.6 Å². The molecule has 134 valence electrons. The van der Waals surface area contributed by atoms with E-state index in [-0.39, 0.29) is 24.0 Å². The van der Waals surface area contributed by atoms with Crippen LogP contribution in [0.5, 0.6) is 0 Å². The number of aryl methyl sites for hydroxylation is 2. The van der Waals surface area contributed by atoms with Crippen LogP contribution in [-0.2, 0) is 9.53 Å². The van der Waals surface area contributed by atoms with Crippen molar-refractivity contribution in [1.29, 1.82) is 0 Å². The highest BCUT2D eigenvalue weighted by Crippen LogP contribution is 2.26. The van der Waals surface area contributed by atoms with Crippen LogP contribution in [-0.4, -0.2) is 40.2 Å². The molecule has 2 amide bonds. The van der Waals surface area contributed by atoms with Crippen LogP contribution in [0.4, 0.5) is 10.5 Å². The number of ether oxygens (including phenoxy) is 1. The van der Waals surface area contributed by atoms with Crippen LogP contribution in [0.1, 0.15) is 52.0 Å². The lowest BCUT2D eigenvalue weighted by molar-refractivity contribution is -0.161. The van der Waals surface area contributed by atoms with Crippen molar-refractivity contribution in [2.24, 2.45) is 5.92 Å². The lowest BCUT2D eigenvalue weighted by Gasteiger charge is -2.37. The van der Waals surface area contributed by atoms with E-state index < -0.39 is 5.60 Å². The highest BCUT2D eigenvalue weighted by molar-refractivity contribution is 5.91. The number of likely N-dealkylation sites (tertiary alicyclic amines) is 1. The van der Waals surface area contributed by atoms with E-state index in [1.165, 1.54) is 0 Å². The zero-order chi connectivity index (χ0) is 18.1. The number of carbonyl (C=O) groups is 2. The van der Waals surface area contributed by atoms with E-state index in [9.17, 15) is 9.59 Å². The highest BCUT2D eigenvalue weighted by Gasteiger charge is 2.35. The molecule has 0 radical (unpaired) electrons. The zero-order valence-electron chi connectivity index (χ0n) is 15.3. The third-order valence-corrected chi connectivity index (χ3v) is 4.15. The van der Waals surface area contributed by atoms with Gasteiger partial charge in [0.2, 0.25) is 0 Å². The summed E-state index contributed by atoms with van der Waals surface area (Å²) in [4.78, 5) is 26.6. The van der Waals surface area contributed by atoms with Crippen LogP contribution in [0, 0.1) is 19.8 Å². The van der Waals surface area contributed by atoms with Crippen molar-refractivity contribution < 1.29 is 18.8 Å². The second kappa shape index (κ2) is 6.83. The first-order valence-corrected chi connectivity index (χ1v) is 8.32. The molecule has 1 aliphatic heterocycles. The summed E-state index contributed by atoms with van der Waals surface area (Å²) >= 11 is 0. The molecule has 0 spiro atoms. The van der Waals surface area contributed by atoms with Crippen molar-refractivity contribution in [2.45, 2.75) is 66.0 Å². The van der Waals surface area contributed by atoms with Crippen LogP contribution in [0.2, 0.25) is 0 Å². The van der Waals surface area contributed by atoms with Crippen molar-refractivity contribution in [1.82, 2.24) is 10.1 Å². The minimum absolute atomic E-state index is 0.0594. The number of nitrogens with zero attached hydrogens (tertiary/aromatic N) is 2. The van der Waals surface area contributed by atoms with Crippen LogP contribution < -0.4 is 5.32 Å². The molecule has 1 aromatic heterocycles. The number of carbonyl (C=O) groups excluding carboxylic acids is 2. The lowest BCUT2D eigenvalue weighted by atomic mass is 9.93. The van der Waals surface area contributed by atoms with Gasteiger partial charge in [-0.1, -0.05) is 5.16 Å². The number of rotatable bonds is 2. The molecular weight excluding hydrogens is 310 g/mol. The SMILES string of the molecule is Cc1noc(C)c1NC(=O)N1CC(C(=O)OC(C)(C)C)CCC1C. The second-order valence-corrected chi connectivity index (χ2v) is 7.44. The molecule has 7 nitrogen and oxygen atoms in total. The van der Waals surface area contributed by atoms with Gasteiger partial charge in [0.05, 0.1) is 5.92 Å². The number of hydrogen-bond donors (Lipinski definition) is 1. The van der Waals surface area contributed by atoms with Crippen LogP contribution in [0.15, 0.2) is 4.52 Å². The lowest BCUT2D eigenvalue weighted by Crippen LogP contribution is -2.50. The average Bonchev–Trinajstić information content (AvgIpc) is 2.77. The molecule has 2 rings (SSSR count). The Morgan fingerprint density at radius 2 is 1.96 bits per heavy atom. The average molecular weight is 337 g/mol. The van der Waals surface area contributed by atoms with Crippen LogP contribution in [0.25, 0.3) is 0 Å². The molecule has 0 bridgehead atoms. The van der Waals surface area contributed by atoms with Gasteiger partial charge in [-0.3, -0.25) is 4.79 Å². The molecule has 1 N–H and O–H groups in total. The normalized spacial score (nSPS) is 21.5. The Balaban J connectivity index is 2.05. The van der Waals surface area contributed by atoms with E-state index >= 15 is 0 Å². The maximum absolute atomic E-state index is 12.6. The fourth-order valence-corrected chi connectivity index (χ4v) is 2.81. The number of aromatic nitrogens is 1. The quantitative estimate of drug-likeness (QED) is 0.837. The number of urea groups is 1. The fraction of sp³-hybridized carbons (Fsp3) is 0.706. The van der Waals surface area contributed by atoms with Gasteiger partial charge in [-0.15, -0.1) is 0 Å². The Morgan fingerprint density at radius 1 is 1.29 bits per heavy atom. The number of amides is 2. The molecule has 2 unspecified atom stereocenters. The Labute approximate surface area is 142 Å². The van der Waals surface area contributed by atoms with Gasteiger partial charge in [0.15, 0.2) is 5.76 Å². The predicted octanol–water partition coefficient (Wildman–Crippen LogP) is 3.27. The monoisotopic (exact) mass is 337 g/mol. The topological polar surface area (TPSA) is 84.7 Å². The largest absolute Gasteiger partial charge is 0.460 e. The van der Waals surface area contributed by atoms with Crippen molar-refractivity contribution in [3.05, 3.63) is 11.5 Å². The maximum atomic E-state index is 12.6. The summed E-state index contributed by atoms with van der Waals surface area (Å²) in [6.45, 7) is 11.4. The summed E-state index contributed by atoms with van der Waals surface area (Å²) < 4.78 is 10.5. The summed E-state index contributed by atoms with van der Waals surface area (Å²) in [5, 5.41) is 6.68. The molecule has 1 saturated heterocycles. The van der Waals surface area contributed by atoms with Crippen molar-refractivity contribution >= 4 is 17.7 Å². The Morgan fingerprint density at radius 3 is 2.50 bits per heavy atom. The van der Waals surface area contributed by atoms with E-state index in [1.807, 2.05) is 27.7 Å². The molecule has 0 aromatic carbocycles. The summed E-state index contributed by atoms with van der Waals surface area (Å²) in [6.07, 6.45) is 1.49. The standard InChI is InChI=1S/C17H27N3O4/c1-10-7-8-13(15(21)23-17(4,5)6)9-20(10)16(22)18-14-11(2)19-24-12(14)3/h10,13H,7-9H2,1-6H3,(H,18,22). The zero-order valence-corrected chi connectivity index (χ0v) is 15.3. The van der Waals surface area contributed by atoms with Gasteiger partial charge in [0.25, 0.3) is 0 Å². The van der Waals surface area contributed by atoms with E-state index in [4.69, 9.17) is 9.26 Å². The molecule has 2 atom stereocenters. The summed E-state index contributed by atoms with van der Waals surface area (Å²) in [5.41, 5.74) is 0.699. The molecular formula is C17H27N3O4. The third kappa shape index (κ3) is 4.27. The Bertz CT molecular complexity index is 598. The van der Waals surface area contributed by atoms with Crippen molar-refractivity contribution in [3.8, 4) is 0 Å². The number of piperidine rings is 1. The van der Waals surface area contributed by atoms with Crippen LogP contribution >= 0.6 is 0 Å². The van der Waals surface area contributed by atoms with E-state index in [1.54, 1.807) is 18.7 Å². The predicted molar refractivity (Wildman–Crippen MR) is 89.7 cm³/mol. The molecule has 24 heavy (non-hydrogen) atoms. The highest BCUT2D eigenvalue weighted by atomic mass is 16.6. The van der Waals surface area contributed by atoms with Crippen molar-refractivity contribution in [3.63, 3.8) is 0 Å². The van der Waals surface area contributed by atoms with Gasteiger partial charge >= 0.3 is 12.0 Å². The van der Waals surface area contributed by atoms with E-state index in [0.717, 1.165) is 12.8 Å². The molecule has 0 aliphatic carbocycles. The Hall–Kier alpha value is -2.05. The number of nitrogens with one attached hydrogen (secondary N) is 1. The van der Waals surface area contributed by atoms with Gasteiger partial charge in [-0.05, 0) is 54.4 Å². The van der Waals surface area contributed by atoms with Gasteiger partial charge in [0.1, 0.15) is 17.0 Å². The smallest absolute Gasteiger partial charge is 0.322 e. The van der Waals surface area contributed by atoms with Gasteiger partial charge < -0.3 is 19.5 Å². The first-order valence-electron chi connectivity index (χ1n) is 8.32. The summed E-state index contributed by atoms with van der Waals surface area (Å²) in [6, 6.07) is -0.186. The van der Waals surface area contributed by atoms with Gasteiger partial charge in [-0.25, -0.2) is 4.79 Å². The van der Waals surface area contributed by atoms with Gasteiger partial charge in [-0.2, -0.15) is 0 Å².